The van der Waals surface area contributed by atoms with E-state index in [4.69, 9.17) is 87.6 Å². The third-order valence-corrected chi connectivity index (χ3v) is 8.69. The molecule has 2 aliphatic rings. The molecule has 1 unspecified atom stereocenters. The van der Waals surface area contributed by atoms with Gasteiger partial charge in [0.1, 0.15) is 43.7 Å². The average Bonchev–Trinajstić information content (AvgIpc) is 3.17. The number of benzene rings is 2. The first-order chi connectivity index (χ1) is 27.9. The summed E-state index contributed by atoms with van der Waals surface area (Å²) in [4.78, 5) is 79.0. The molecule has 2 aliphatic heterocycles. The van der Waals surface area contributed by atoms with Crippen molar-refractivity contribution >= 4 is 76.5 Å². The van der Waals surface area contributed by atoms with Gasteiger partial charge >= 0.3 is 35.8 Å². The van der Waals surface area contributed by atoms with Crippen LogP contribution in [-0.2, 0) is 66.5 Å². The molecule has 2 heterocycles. The summed E-state index contributed by atoms with van der Waals surface area (Å²) < 4.78 is 54.7. The molecule has 0 saturated carbocycles. The number of carbonyl (C=O) groups is 6. The van der Waals surface area contributed by atoms with E-state index in [9.17, 15) is 34.3 Å². The molecule has 59 heavy (non-hydrogen) atoms. The lowest BCUT2D eigenvalue weighted by Gasteiger charge is -2.48. The fourth-order valence-electron chi connectivity index (χ4n) is 5.82. The molecule has 0 spiro atoms. The van der Waals surface area contributed by atoms with Gasteiger partial charge in [-0.25, -0.2) is 9.59 Å². The number of alkyl halides is 3. The minimum Gasteiger partial charge on any atom is -0.463 e. The Morgan fingerprint density at radius 2 is 1.14 bits per heavy atom. The van der Waals surface area contributed by atoms with Crippen LogP contribution < -0.4 is 0 Å². The molecule has 10 atom stereocenters. The van der Waals surface area contributed by atoms with Crippen LogP contribution in [-0.4, -0.2) is 120 Å². The highest BCUT2D eigenvalue weighted by Crippen LogP contribution is 2.37. The lowest BCUT2D eigenvalue weighted by atomic mass is 9.95. The zero-order valence-electron chi connectivity index (χ0n) is 31.5. The monoisotopic (exact) mass is 886 g/mol. The van der Waals surface area contributed by atoms with Crippen molar-refractivity contribution in [1.82, 2.24) is 0 Å². The Morgan fingerprint density at radius 3 is 1.66 bits per heavy atom. The van der Waals surface area contributed by atoms with Crippen molar-refractivity contribution in [2.45, 2.75) is 92.8 Å². The van der Waals surface area contributed by atoms with Crippen molar-refractivity contribution < 1.29 is 76.1 Å². The van der Waals surface area contributed by atoms with Crippen LogP contribution in [0, 0.1) is 5.41 Å². The Hall–Kier alpha value is -5.21. The molecule has 0 bridgehead atoms. The number of hydrogen-bond acceptors (Lipinski definition) is 18. The summed E-state index contributed by atoms with van der Waals surface area (Å²) in [7, 11) is 0. The third kappa shape index (κ3) is 13.1. The van der Waals surface area contributed by atoms with Gasteiger partial charge < -0.3 is 47.4 Å². The van der Waals surface area contributed by atoms with E-state index in [-0.39, 0.29) is 11.1 Å². The summed E-state index contributed by atoms with van der Waals surface area (Å²) in [6.07, 6.45) is -15.8. The molecule has 0 amide bonds. The van der Waals surface area contributed by atoms with Gasteiger partial charge in [-0.3, -0.25) is 24.6 Å². The van der Waals surface area contributed by atoms with Crippen LogP contribution >= 0.6 is 34.8 Å². The summed E-state index contributed by atoms with van der Waals surface area (Å²) in [5, 5.41) is 11.9. The van der Waals surface area contributed by atoms with Crippen LogP contribution in [0.5, 0.6) is 0 Å². The molecule has 318 valence electrons. The number of halogens is 3. The molecular weight excluding hydrogens is 851 g/mol. The first-order valence-corrected chi connectivity index (χ1v) is 18.5. The van der Waals surface area contributed by atoms with E-state index >= 15 is 0 Å². The maximum absolute atomic E-state index is 13.7. The number of hydrogen-bond donors (Lipinski definition) is 1. The van der Waals surface area contributed by atoms with Gasteiger partial charge in [0.05, 0.1) is 11.1 Å². The van der Waals surface area contributed by atoms with Gasteiger partial charge in [0.25, 0.3) is 3.79 Å². The smallest absolute Gasteiger partial charge is 0.338 e. The second-order valence-electron chi connectivity index (χ2n) is 12.6. The number of nitrogens with zero attached hydrogens (tertiary/aromatic N) is 3. The zero-order valence-corrected chi connectivity index (χ0v) is 33.7. The van der Waals surface area contributed by atoms with Crippen LogP contribution in [0.4, 0.5) is 0 Å². The van der Waals surface area contributed by atoms with Crippen LogP contribution in [0.25, 0.3) is 10.4 Å². The first kappa shape index (κ1) is 46.5. The van der Waals surface area contributed by atoms with Gasteiger partial charge in [0.2, 0.25) is 12.2 Å². The number of nitrogens with one attached hydrogen (secondary N) is 1. The summed E-state index contributed by atoms with van der Waals surface area (Å²) in [6, 6.07) is 13.3. The Balaban J connectivity index is 1.89. The summed E-state index contributed by atoms with van der Waals surface area (Å²) in [5.74, 6) is -6.55. The highest BCUT2D eigenvalue weighted by molar-refractivity contribution is 6.76. The van der Waals surface area contributed by atoms with E-state index in [1.54, 1.807) is 24.3 Å². The van der Waals surface area contributed by atoms with Crippen molar-refractivity contribution in [3.63, 3.8) is 0 Å². The molecule has 2 aromatic rings. The highest BCUT2D eigenvalue weighted by Gasteiger charge is 2.57. The number of esters is 6. The molecule has 2 fully saturated rings. The Morgan fingerprint density at radius 1 is 0.644 bits per heavy atom. The maximum Gasteiger partial charge on any atom is 0.338 e. The second-order valence-corrected chi connectivity index (χ2v) is 14.8. The molecule has 0 aromatic heterocycles. The lowest BCUT2D eigenvalue weighted by Crippen LogP contribution is -2.66. The van der Waals surface area contributed by atoms with Crippen molar-refractivity contribution in [1.29, 1.82) is 5.41 Å². The SMILES string of the molecule is CC(=O)OC[C@H]1O[C@@H](O[C@@H]2[C@H](OC(=O)c3ccccc3)[C@@H](N=[N+]=[N-])C(OC(=N)C(Cl)(Cl)Cl)O[C@@H]2COC(=O)c2ccccc2)[C@H](OC(C)=O)[C@@H](OC(C)=O)[C@H]1OC(C)=O. The van der Waals surface area contributed by atoms with E-state index in [2.05, 4.69) is 10.0 Å². The van der Waals surface area contributed by atoms with Gasteiger partial charge in [-0.2, -0.15) is 0 Å². The van der Waals surface area contributed by atoms with Crippen molar-refractivity contribution in [3.05, 3.63) is 82.2 Å². The first-order valence-electron chi connectivity index (χ1n) is 17.4. The molecule has 0 aliphatic carbocycles. The number of rotatable bonds is 14. The lowest BCUT2D eigenvalue weighted by molar-refractivity contribution is -0.344. The maximum atomic E-state index is 13.7. The standard InChI is InChI=1S/C36H37Cl3N4O16/c1-17(44)50-15-23-27(52-18(2)45)29(53-19(3)46)30(54-20(4)47)34(56-23)58-26-24(16-51-31(48)21-11-7-5-8-12-21)55-33(59-35(40)36(37,38)39)25(42-43-41)28(26)57-32(49)22-13-9-6-10-14-22/h5-14,23-30,33-34,40H,15-16H2,1-4H3/t23-,24-,25-,26+,27+,28-,29+,30-,33?,34+/m1/s1. The molecule has 0 radical (unpaired) electrons. The molecule has 1 N–H and O–H groups in total. The van der Waals surface area contributed by atoms with Gasteiger partial charge in [-0.15, -0.1) is 0 Å². The minimum atomic E-state index is -2.49. The van der Waals surface area contributed by atoms with E-state index in [0.717, 1.165) is 27.7 Å². The topological polar surface area (TPSA) is 267 Å². The number of carbonyl (C=O) groups excluding carboxylic acids is 6. The van der Waals surface area contributed by atoms with Crippen LogP contribution in [0.1, 0.15) is 48.4 Å². The predicted octanol–water partition coefficient (Wildman–Crippen LogP) is 4.31. The molecule has 2 saturated heterocycles. The summed E-state index contributed by atoms with van der Waals surface area (Å²) in [6.45, 7) is 2.71. The molecule has 2 aromatic carbocycles. The molecular formula is C36H37Cl3N4O16. The van der Waals surface area contributed by atoms with Crippen LogP contribution in [0.15, 0.2) is 65.8 Å². The quantitative estimate of drug-likeness (QED) is 0.0405. The average molecular weight is 888 g/mol. The highest BCUT2D eigenvalue weighted by atomic mass is 35.6. The van der Waals surface area contributed by atoms with E-state index < -0.39 is 120 Å². The minimum absolute atomic E-state index is 0.0108. The van der Waals surface area contributed by atoms with Crippen molar-refractivity contribution in [3.8, 4) is 0 Å². The van der Waals surface area contributed by atoms with E-state index in [1.807, 2.05) is 0 Å². The van der Waals surface area contributed by atoms with E-state index in [0.29, 0.717) is 0 Å². The predicted molar refractivity (Wildman–Crippen MR) is 200 cm³/mol. The van der Waals surface area contributed by atoms with Gasteiger partial charge in [-0.1, -0.05) is 76.3 Å². The summed E-state index contributed by atoms with van der Waals surface area (Å²) in [5.41, 5.74) is 9.82. The summed E-state index contributed by atoms with van der Waals surface area (Å²) >= 11 is 17.7. The third-order valence-electron chi connectivity index (χ3n) is 8.17. The van der Waals surface area contributed by atoms with Gasteiger partial charge in [0, 0.05) is 32.6 Å². The second kappa shape index (κ2) is 21.2. The fourth-order valence-corrected chi connectivity index (χ4v) is 5.96. The molecule has 23 heteroatoms. The van der Waals surface area contributed by atoms with Crippen molar-refractivity contribution in [2.75, 3.05) is 13.2 Å². The Bertz CT molecular complexity index is 1900. The largest absolute Gasteiger partial charge is 0.463 e. The van der Waals surface area contributed by atoms with Crippen LogP contribution in [0.3, 0.4) is 0 Å². The number of ether oxygens (including phenoxy) is 10. The zero-order chi connectivity index (χ0) is 43.4. The normalized spacial score (nSPS) is 26.4. The van der Waals surface area contributed by atoms with Crippen LogP contribution in [0.2, 0.25) is 0 Å². The Labute approximate surface area is 350 Å². The van der Waals surface area contributed by atoms with Gasteiger partial charge in [0.15, 0.2) is 24.6 Å². The number of azide groups is 1. The Kier molecular flexibility index (Phi) is 16.7. The fraction of sp³-hybridized carbons (Fsp3) is 0.472. The van der Waals surface area contributed by atoms with E-state index in [1.165, 1.54) is 36.4 Å². The van der Waals surface area contributed by atoms with Crippen molar-refractivity contribution in [2.24, 2.45) is 5.11 Å². The molecule has 20 nitrogen and oxygen atoms in total. The molecule has 4 rings (SSSR count). The van der Waals surface area contributed by atoms with Gasteiger partial charge in [-0.05, 0) is 29.8 Å².